The second-order valence-electron chi connectivity index (χ2n) is 5.53. The largest absolute Gasteiger partial charge is 0.396 e. The van der Waals surface area contributed by atoms with Crippen LogP contribution in [0.5, 0.6) is 0 Å². The van der Waals surface area contributed by atoms with Gasteiger partial charge in [0.1, 0.15) is 5.82 Å². The fourth-order valence-electron chi connectivity index (χ4n) is 2.67. The van der Waals surface area contributed by atoms with Crippen LogP contribution in [0.1, 0.15) is 51.5 Å². The zero-order valence-electron chi connectivity index (χ0n) is 12.2. The molecule has 2 heteroatoms. The van der Waals surface area contributed by atoms with Crippen molar-refractivity contribution in [2.24, 2.45) is 11.8 Å². The molecule has 1 N–H and O–H groups in total. The van der Waals surface area contributed by atoms with E-state index >= 15 is 0 Å². The van der Waals surface area contributed by atoms with Gasteiger partial charge in [0.2, 0.25) is 0 Å². The molecule has 0 spiro atoms. The van der Waals surface area contributed by atoms with Crippen LogP contribution in [0, 0.1) is 17.7 Å². The molecule has 0 aromatic heterocycles. The lowest BCUT2D eigenvalue weighted by molar-refractivity contribution is 0.194. The maximum absolute atomic E-state index is 13.2. The van der Waals surface area contributed by atoms with E-state index in [1.165, 1.54) is 31.7 Å². The van der Waals surface area contributed by atoms with E-state index in [1.807, 2.05) is 6.07 Å². The quantitative estimate of drug-likeness (QED) is 0.693. The zero-order chi connectivity index (χ0) is 14.1. The standard InChI is InChI=1S/C17H27FO/c1-3-5-7-14(4-2)10-16(13-19)11-15-8-6-9-17(18)12-15/h6,8-9,12,14,16,19H,3-5,7,10-11,13H2,1-2H3. The number of aliphatic hydroxyl groups excluding tert-OH is 1. The van der Waals surface area contributed by atoms with Crippen molar-refractivity contribution in [3.63, 3.8) is 0 Å². The molecule has 0 bridgehead atoms. The lowest BCUT2D eigenvalue weighted by atomic mass is 9.86. The molecule has 1 rings (SSSR count). The molecule has 0 fully saturated rings. The number of unbranched alkanes of at least 4 members (excludes halogenated alkanes) is 1. The van der Waals surface area contributed by atoms with Crippen LogP contribution in [0.15, 0.2) is 24.3 Å². The highest BCUT2D eigenvalue weighted by Gasteiger charge is 2.15. The second-order valence-corrected chi connectivity index (χ2v) is 5.53. The topological polar surface area (TPSA) is 20.2 Å². The predicted molar refractivity (Wildman–Crippen MR) is 78.6 cm³/mol. The maximum atomic E-state index is 13.2. The highest BCUT2D eigenvalue weighted by molar-refractivity contribution is 5.16. The summed E-state index contributed by atoms with van der Waals surface area (Å²) in [4.78, 5) is 0. The monoisotopic (exact) mass is 266 g/mol. The van der Waals surface area contributed by atoms with Crippen molar-refractivity contribution >= 4 is 0 Å². The molecular formula is C17H27FO. The Morgan fingerprint density at radius 3 is 2.58 bits per heavy atom. The molecule has 2 unspecified atom stereocenters. The van der Waals surface area contributed by atoms with Gasteiger partial charge in [-0.1, -0.05) is 51.7 Å². The normalized spacial score (nSPS) is 14.3. The average Bonchev–Trinajstić information content (AvgIpc) is 2.42. The van der Waals surface area contributed by atoms with Gasteiger partial charge < -0.3 is 5.11 Å². The van der Waals surface area contributed by atoms with E-state index in [9.17, 15) is 9.50 Å². The fourth-order valence-corrected chi connectivity index (χ4v) is 2.67. The first kappa shape index (κ1) is 16.2. The second kappa shape index (κ2) is 9.08. The van der Waals surface area contributed by atoms with E-state index < -0.39 is 0 Å². The molecule has 0 radical (unpaired) electrons. The van der Waals surface area contributed by atoms with E-state index in [4.69, 9.17) is 0 Å². The molecule has 0 aliphatic heterocycles. The van der Waals surface area contributed by atoms with Crippen LogP contribution in [0.4, 0.5) is 4.39 Å². The lowest BCUT2D eigenvalue weighted by Gasteiger charge is -2.21. The Bertz CT molecular complexity index is 351. The third-order valence-electron chi connectivity index (χ3n) is 3.88. The van der Waals surface area contributed by atoms with Crippen molar-refractivity contribution in [3.8, 4) is 0 Å². The summed E-state index contributed by atoms with van der Waals surface area (Å²) in [6.45, 7) is 4.62. The number of rotatable bonds is 9. The molecule has 0 saturated heterocycles. The summed E-state index contributed by atoms with van der Waals surface area (Å²) in [5.74, 6) is 0.751. The van der Waals surface area contributed by atoms with Gasteiger partial charge >= 0.3 is 0 Å². The van der Waals surface area contributed by atoms with Crippen LogP contribution in [0.25, 0.3) is 0 Å². The van der Waals surface area contributed by atoms with E-state index in [1.54, 1.807) is 12.1 Å². The number of hydrogen-bond donors (Lipinski definition) is 1. The smallest absolute Gasteiger partial charge is 0.123 e. The average molecular weight is 266 g/mol. The Kier molecular flexibility index (Phi) is 7.73. The van der Waals surface area contributed by atoms with Crippen LogP contribution in [0.3, 0.4) is 0 Å². The van der Waals surface area contributed by atoms with Crippen molar-refractivity contribution in [2.75, 3.05) is 6.61 Å². The van der Waals surface area contributed by atoms with Gasteiger partial charge in [-0.25, -0.2) is 4.39 Å². The van der Waals surface area contributed by atoms with E-state index in [0.29, 0.717) is 5.92 Å². The molecular weight excluding hydrogens is 239 g/mol. The summed E-state index contributed by atoms with van der Waals surface area (Å²) in [7, 11) is 0. The van der Waals surface area contributed by atoms with Crippen molar-refractivity contribution in [3.05, 3.63) is 35.6 Å². The highest BCUT2D eigenvalue weighted by Crippen LogP contribution is 2.24. The van der Waals surface area contributed by atoms with Gasteiger partial charge in [0.25, 0.3) is 0 Å². The Morgan fingerprint density at radius 2 is 2.00 bits per heavy atom. The summed E-state index contributed by atoms with van der Waals surface area (Å²) in [5, 5.41) is 9.53. The van der Waals surface area contributed by atoms with Crippen LogP contribution < -0.4 is 0 Å². The molecule has 19 heavy (non-hydrogen) atoms. The molecule has 2 atom stereocenters. The van der Waals surface area contributed by atoms with Gasteiger partial charge in [0, 0.05) is 6.61 Å². The molecule has 1 aromatic carbocycles. The SMILES string of the molecule is CCCCC(CC)CC(CO)Cc1cccc(F)c1. The minimum atomic E-state index is -0.188. The first-order chi connectivity index (χ1) is 9.19. The van der Waals surface area contributed by atoms with Crippen LogP contribution >= 0.6 is 0 Å². The van der Waals surface area contributed by atoms with E-state index in [0.717, 1.165) is 18.4 Å². The summed E-state index contributed by atoms with van der Waals surface area (Å²) in [6.07, 6.45) is 6.72. The number of benzene rings is 1. The van der Waals surface area contributed by atoms with Gasteiger partial charge in [0.05, 0.1) is 0 Å². The molecule has 0 aliphatic rings. The van der Waals surface area contributed by atoms with Crippen molar-refractivity contribution in [1.82, 2.24) is 0 Å². The summed E-state index contributed by atoms with van der Waals surface area (Å²) >= 11 is 0. The summed E-state index contributed by atoms with van der Waals surface area (Å²) < 4.78 is 13.2. The number of halogens is 1. The number of aliphatic hydroxyl groups is 1. The third kappa shape index (κ3) is 6.20. The summed E-state index contributed by atoms with van der Waals surface area (Å²) in [5.41, 5.74) is 0.990. The van der Waals surface area contributed by atoms with Crippen molar-refractivity contribution in [2.45, 2.75) is 52.4 Å². The van der Waals surface area contributed by atoms with Gasteiger partial charge in [-0.2, -0.15) is 0 Å². The molecule has 0 amide bonds. The minimum absolute atomic E-state index is 0.188. The van der Waals surface area contributed by atoms with Crippen molar-refractivity contribution in [1.29, 1.82) is 0 Å². The van der Waals surface area contributed by atoms with Gasteiger partial charge in [0.15, 0.2) is 0 Å². The van der Waals surface area contributed by atoms with Crippen LogP contribution in [-0.4, -0.2) is 11.7 Å². The Hall–Kier alpha value is -0.890. The van der Waals surface area contributed by atoms with Crippen molar-refractivity contribution < 1.29 is 9.50 Å². The summed E-state index contributed by atoms with van der Waals surface area (Å²) in [6, 6.07) is 6.73. The van der Waals surface area contributed by atoms with Gasteiger partial charge in [-0.3, -0.25) is 0 Å². The first-order valence-corrected chi connectivity index (χ1v) is 7.54. The first-order valence-electron chi connectivity index (χ1n) is 7.54. The van der Waals surface area contributed by atoms with E-state index in [-0.39, 0.29) is 18.3 Å². The Labute approximate surface area is 116 Å². The van der Waals surface area contributed by atoms with Gasteiger partial charge in [-0.15, -0.1) is 0 Å². The number of hydrogen-bond acceptors (Lipinski definition) is 1. The fraction of sp³-hybridized carbons (Fsp3) is 0.647. The maximum Gasteiger partial charge on any atom is 0.123 e. The highest BCUT2D eigenvalue weighted by atomic mass is 19.1. The molecule has 1 aromatic rings. The Morgan fingerprint density at radius 1 is 1.21 bits per heavy atom. The minimum Gasteiger partial charge on any atom is -0.396 e. The van der Waals surface area contributed by atoms with Crippen LogP contribution in [0.2, 0.25) is 0 Å². The van der Waals surface area contributed by atoms with E-state index in [2.05, 4.69) is 13.8 Å². The molecule has 0 heterocycles. The Balaban J connectivity index is 2.52. The molecule has 0 aliphatic carbocycles. The predicted octanol–water partition coefficient (Wildman–Crippen LogP) is 4.58. The molecule has 1 nitrogen and oxygen atoms in total. The lowest BCUT2D eigenvalue weighted by Crippen LogP contribution is -2.15. The zero-order valence-corrected chi connectivity index (χ0v) is 12.2. The van der Waals surface area contributed by atoms with Gasteiger partial charge in [-0.05, 0) is 42.4 Å². The third-order valence-corrected chi connectivity index (χ3v) is 3.88. The molecule has 108 valence electrons. The van der Waals surface area contributed by atoms with Crippen LogP contribution in [-0.2, 0) is 6.42 Å². The molecule has 0 saturated carbocycles.